The van der Waals surface area contributed by atoms with Crippen molar-refractivity contribution in [2.75, 3.05) is 0 Å². The molecule has 2 unspecified atom stereocenters. The number of hydrogen-bond acceptors (Lipinski definition) is 1. The third kappa shape index (κ3) is 4.58. The third-order valence-corrected chi connectivity index (χ3v) is 9.02. The van der Waals surface area contributed by atoms with Crippen molar-refractivity contribution in [3.05, 3.63) is 191 Å². The fourth-order valence-electron chi connectivity index (χ4n) is 7.07. The molecule has 0 amide bonds. The number of hydrogen-bond donors (Lipinski definition) is 1. The molecule has 0 saturated heterocycles. The zero-order chi connectivity index (χ0) is 29.3. The smallest absolute Gasteiger partial charge is 0.0199 e. The molecule has 0 fully saturated rings. The highest BCUT2D eigenvalue weighted by molar-refractivity contribution is 6.07. The van der Waals surface area contributed by atoms with Gasteiger partial charge in [-0.3, -0.25) is 0 Å². The number of aryl methyl sites for hydroxylation is 1. The van der Waals surface area contributed by atoms with Crippen molar-refractivity contribution in [2.45, 2.75) is 19.8 Å². The Hall–Kier alpha value is -5.14. The normalized spacial score (nSPS) is 17.9. The Morgan fingerprint density at radius 1 is 0.674 bits per heavy atom. The second-order valence-corrected chi connectivity index (χ2v) is 11.4. The Bertz CT molecular complexity index is 2000. The van der Waals surface area contributed by atoms with Crippen LogP contribution in [0.15, 0.2) is 157 Å². The molecule has 0 saturated carbocycles. The van der Waals surface area contributed by atoms with E-state index in [4.69, 9.17) is 5.73 Å². The lowest BCUT2D eigenvalue weighted by Crippen LogP contribution is -2.22. The molecule has 0 heterocycles. The minimum absolute atomic E-state index is 0.261. The molecule has 208 valence electrons. The average Bonchev–Trinajstić information content (AvgIpc) is 3.06. The predicted molar refractivity (Wildman–Crippen MR) is 184 cm³/mol. The van der Waals surface area contributed by atoms with Crippen LogP contribution in [0, 0.1) is 12.8 Å². The fourth-order valence-corrected chi connectivity index (χ4v) is 7.07. The summed E-state index contributed by atoms with van der Waals surface area (Å²) in [5, 5.41) is 2.51. The summed E-state index contributed by atoms with van der Waals surface area (Å²) >= 11 is 0. The zero-order valence-corrected chi connectivity index (χ0v) is 24.7. The highest BCUT2D eigenvalue weighted by Crippen LogP contribution is 2.51. The van der Waals surface area contributed by atoms with Crippen molar-refractivity contribution >= 4 is 21.9 Å². The summed E-state index contributed by atoms with van der Waals surface area (Å²) in [5.41, 5.74) is 19.9. The molecule has 7 rings (SSSR count). The first-order chi connectivity index (χ1) is 21.2. The van der Waals surface area contributed by atoms with Gasteiger partial charge < -0.3 is 5.73 Å². The number of nitrogens with two attached hydrogens (primary N) is 1. The molecular weight excluding hydrogens is 518 g/mol. The summed E-state index contributed by atoms with van der Waals surface area (Å²) in [6.45, 7) is 4.22. The third-order valence-electron chi connectivity index (χ3n) is 9.02. The molecule has 0 radical (unpaired) electrons. The van der Waals surface area contributed by atoms with E-state index in [2.05, 4.69) is 153 Å². The Morgan fingerprint density at radius 3 is 2.12 bits per heavy atom. The summed E-state index contributed by atoms with van der Waals surface area (Å²) in [4.78, 5) is 0. The van der Waals surface area contributed by atoms with E-state index in [9.17, 15) is 0 Å². The second-order valence-electron chi connectivity index (χ2n) is 11.4. The fraction of sp³-hybridized carbons (Fsp3) is 0.0952. The van der Waals surface area contributed by atoms with Gasteiger partial charge in [0.05, 0.1) is 0 Å². The largest absolute Gasteiger partial charge is 0.405 e. The Kier molecular flexibility index (Phi) is 7.01. The molecule has 1 nitrogen and oxygen atoms in total. The van der Waals surface area contributed by atoms with Crippen LogP contribution < -0.4 is 5.73 Å². The van der Waals surface area contributed by atoms with Crippen LogP contribution in [0.2, 0.25) is 0 Å². The van der Waals surface area contributed by atoms with Crippen LogP contribution in [-0.4, -0.2) is 0 Å². The van der Waals surface area contributed by atoms with Crippen LogP contribution in [0.1, 0.15) is 46.2 Å². The molecular formula is C42H35N. The van der Waals surface area contributed by atoms with Crippen molar-refractivity contribution in [1.29, 1.82) is 0 Å². The van der Waals surface area contributed by atoms with Gasteiger partial charge in [0.2, 0.25) is 0 Å². The molecule has 2 aliphatic carbocycles. The van der Waals surface area contributed by atoms with E-state index in [1.807, 2.05) is 6.08 Å². The first-order valence-corrected chi connectivity index (χ1v) is 15.1. The van der Waals surface area contributed by atoms with E-state index in [0.29, 0.717) is 0 Å². The van der Waals surface area contributed by atoms with E-state index in [1.165, 1.54) is 66.4 Å². The topological polar surface area (TPSA) is 26.0 Å². The standard InChI is InChI=1S/C42H35N/c1-3-29(26-27-43)31-12-4-5-13-32(31)35-24-25-40(34-15-7-6-14-33(34)35)42-38-18-10-8-16-36(38)41(30-22-20-28(2)21-23-30)37-17-9-11-19-39(37)42/h3-27,36,41H,43H2,1-2H3/b27-26-,29-3+. The van der Waals surface area contributed by atoms with Gasteiger partial charge in [-0.15, -0.1) is 0 Å². The van der Waals surface area contributed by atoms with Gasteiger partial charge in [0, 0.05) is 11.8 Å². The molecule has 2 aliphatic rings. The number of fused-ring (bicyclic) bond motifs is 3. The molecule has 2 atom stereocenters. The van der Waals surface area contributed by atoms with Crippen molar-refractivity contribution < 1.29 is 0 Å². The van der Waals surface area contributed by atoms with E-state index < -0.39 is 0 Å². The van der Waals surface area contributed by atoms with Gasteiger partial charge in [0.15, 0.2) is 0 Å². The van der Waals surface area contributed by atoms with Crippen LogP contribution in [0.5, 0.6) is 0 Å². The lowest BCUT2D eigenvalue weighted by Gasteiger charge is -2.37. The SMILES string of the molecule is C/C=C(\C=C/N)c1ccccc1-c1ccc(C2=C3C=CC=CC3C(c3ccc(C)cc3)c3ccccc32)c2ccccc12. The van der Waals surface area contributed by atoms with E-state index in [0.717, 1.165) is 5.57 Å². The van der Waals surface area contributed by atoms with E-state index in [1.54, 1.807) is 6.20 Å². The van der Waals surface area contributed by atoms with Crippen molar-refractivity contribution in [1.82, 2.24) is 0 Å². The number of rotatable bonds is 5. The first kappa shape index (κ1) is 26.7. The summed E-state index contributed by atoms with van der Waals surface area (Å²) < 4.78 is 0. The highest BCUT2D eigenvalue weighted by Gasteiger charge is 2.35. The molecule has 1 heteroatoms. The van der Waals surface area contributed by atoms with Crippen LogP contribution in [0.3, 0.4) is 0 Å². The molecule has 0 bridgehead atoms. The van der Waals surface area contributed by atoms with Crippen molar-refractivity contribution in [3.8, 4) is 11.1 Å². The van der Waals surface area contributed by atoms with Crippen LogP contribution >= 0.6 is 0 Å². The molecule has 5 aromatic carbocycles. The van der Waals surface area contributed by atoms with Crippen molar-refractivity contribution in [2.24, 2.45) is 11.7 Å². The van der Waals surface area contributed by atoms with Crippen LogP contribution in [0.25, 0.3) is 33.0 Å². The van der Waals surface area contributed by atoms with Gasteiger partial charge in [-0.25, -0.2) is 0 Å². The molecule has 43 heavy (non-hydrogen) atoms. The Balaban J connectivity index is 1.48. The minimum atomic E-state index is 0.261. The van der Waals surface area contributed by atoms with Gasteiger partial charge in [0.25, 0.3) is 0 Å². The van der Waals surface area contributed by atoms with Gasteiger partial charge >= 0.3 is 0 Å². The Morgan fingerprint density at radius 2 is 1.35 bits per heavy atom. The van der Waals surface area contributed by atoms with Gasteiger partial charge in [-0.2, -0.15) is 0 Å². The van der Waals surface area contributed by atoms with Crippen molar-refractivity contribution in [3.63, 3.8) is 0 Å². The Labute approximate surface area is 254 Å². The van der Waals surface area contributed by atoms with Gasteiger partial charge in [-0.1, -0.05) is 145 Å². The quantitative estimate of drug-likeness (QED) is 0.215. The maximum absolute atomic E-state index is 5.83. The minimum Gasteiger partial charge on any atom is -0.405 e. The van der Waals surface area contributed by atoms with Crippen LogP contribution in [0.4, 0.5) is 0 Å². The van der Waals surface area contributed by atoms with Gasteiger partial charge in [-0.05, 0) is 92.6 Å². The summed E-state index contributed by atoms with van der Waals surface area (Å²) in [6, 6.07) is 40.3. The van der Waals surface area contributed by atoms with Gasteiger partial charge in [0.1, 0.15) is 0 Å². The molecule has 5 aromatic rings. The van der Waals surface area contributed by atoms with E-state index in [-0.39, 0.29) is 11.8 Å². The van der Waals surface area contributed by atoms with Crippen LogP contribution in [-0.2, 0) is 0 Å². The lowest BCUT2D eigenvalue weighted by molar-refractivity contribution is 0.649. The second kappa shape index (κ2) is 11.3. The maximum Gasteiger partial charge on any atom is 0.0199 e. The number of benzene rings is 5. The maximum atomic E-state index is 5.83. The predicted octanol–water partition coefficient (Wildman–Crippen LogP) is 10.4. The summed E-state index contributed by atoms with van der Waals surface area (Å²) in [5.74, 6) is 0.529. The summed E-state index contributed by atoms with van der Waals surface area (Å²) in [7, 11) is 0. The van der Waals surface area contributed by atoms with E-state index >= 15 is 0 Å². The highest BCUT2D eigenvalue weighted by atomic mass is 14.5. The number of allylic oxidation sites excluding steroid dienone is 8. The molecule has 0 spiro atoms. The monoisotopic (exact) mass is 553 g/mol. The lowest BCUT2D eigenvalue weighted by atomic mass is 9.66. The summed E-state index contributed by atoms with van der Waals surface area (Å²) in [6.07, 6.45) is 14.9. The molecule has 2 N–H and O–H groups in total. The molecule has 0 aromatic heterocycles. The first-order valence-electron chi connectivity index (χ1n) is 15.1. The zero-order valence-electron chi connectivity index (χ0n) is 24.7. The average molecular weight is 554 g/mol. The molecule has 0 aliphatic heterocycles.